The lowest BCUT2D eigenvalue weighted by molar-refractivity contribution is 0.176. The van der Waals surface area contributed by atoms with E-state index in [0.29, 0.717) is 27.3 Å². The molecule has 0 aliphatic carbocycles. The normalized spacial score (nSPS) is 10.6. The van der Waals surface area contributed by atoms with Gasteiger partial charge in [0, 0.05) is 12.1 Å². The second kappa shape index (κ2) is 14.6. The maximum Gasteiger partial charge on any atom is 0.156 e. The Bertz CT molecular complexity index is 932. The molecular formula is C21H17Cl6NO4. The highest BCUT2D eigenvalue weighted by Crippen LogP contribution is 2.37. The molecule has 0 spiro atoms. The molecule has 32 heavy (non-hydrogen) atoms. The molecule has 172 valence electrons. The van der Waals surface area contributed by atoms with Crippen molar-refractivity contribution >= 4 is 75.8 Å². The first-order valence-corrected chi connectivity index (χ1v) is 11.3. The summed E-state index contributed by atoms with van der Waals surface area (Å²) in [6.07, 6.45) is 4.54. The summed E-state index contributed by atoms with van der Waals surface area (Å²) in [4.78, 5) is 4.99. The zero-order valence-electron chi connectivity index (χ0n) is 16.4. The van der Waals surface area contributed by atoms with Gasteiger partial charge in [-0.2, -0.15) is 0 Å². The van der Waals surface area contributed by atoms with Crippen molar-refractivity contribution < 1.29 is 19.0 Å². The van der Waals surface area contributed by atoms with Crippen LogP contribution in [0.2, 0.25) is 10.0 Å². The highest BCUT2D eigenvalue weighted by atomic mass is 35.5. The monoisotopic (exact) mass is 557 g/mol. The molecule has 0 bridgehead atoms. The summed E-state index contributed by atoms with van der Waals surface area (Å²) in [5.41, 5.74) is 0.833. The van der Waals surface area contributed by atoms with Crippen LogP contribution in [0.15, 0.2) is 62.7 Å². The molecule has 0 amide bonds. The molecule has 2 aromatic carbocycles. The van der Waals surface area contributed by atoms with Crippen molar-refractivity contribution in [2.75, 3.05) is 26.4 Å². The minimum Gasteiger partial charge on any atom is -0.490 e. The second-order valence-electron chi connectivity index (χ2n) is 5.81. The van der Waals surface area contributed by atoms with Crippen LogP contribution in [0.3, 0.4) is 0 Å². The fourth-order valence-electron chi connectivity index (χ4n) is 2.15. The van der Waals surface area contributed by atoms with Crippen molar-refractivity contribution in [2.45, 2.75) is 0 Å². The molecule has 0 aromatic heterocycles. The van der Waals surface area contributed by atoms with Gasteiger partial charge in [0.1, 0.15) is 46.9 Å². The van der Waals surface area contributed by atoms with E-state index >= 15 is 0 Å². The fourth-order valence-corrected chi connectivity index (χ4v) is 2.98. The first-order valence-electron chi connectivity index (χ1n) is 9.00. The highest BCUT2D eigenvalue weighted by Gasteiger charge is 2.11. The molecule has 0 heterocycles. The minimum atomic E-state index is 0.112. The fraction of sp³-hybridized carbons (Fsp3) is 0.190. The molecule has 0 unspecified atom stereocenters. The van der Waals surface area contributed by atoms with Crippen LogP contribution in [0.25, 0.3) is 0 Å². The van der Waals surface area contributed by atoms with Gasteiger partial charge >= 0.3 is 0 Å². The maximum absolute atomic E-state index is 6.23. The molecule has 0 N–H and O–H groups in total. The van der Waals surface area contributed by atoms with Crippen molar-refractivity contribution in [1.29, 1.82) is 0 Å². The summed E-state index contributed by atoms with van der Waals surface area (Å²) < 4.78 is 17.0. The second-order valence-corrected chi connectivity index (χ2v) is 8.64. The van der Waals surface area contributed by atoms with Crippen LogP contribution in [-0.2, 0) is 4.84 Å². The number of rotatable bonds is 12. The Morgan fingerprint density at radius 1 is 0.750 bits per heavy atom. The summed E-state index contributed by atoms with van der Waals surface area (Å²) in [5.74, 6) is 1.46. The highest BCUT2D eigenvalue weighted by molar-refractivity contribution is 6.56. The lowest BCUT2D eigenvalue weighted by Gasteiger charge is -2.13. The maximum atomic E-state index is 6.23. The number of halogens is 6. The molecule has 5 nitrogen and oxygen atoms in total. The summed E-state index contributed by atoms with van der Waals surface area (Å²) in [6.45, 7) is 0.884. The number of ether oxygens (including phenoxy) is 3. The molecule has 0 saturated heterocycles. The summed E-state index contributed by atoms with van der Waals surface area (Å²) in [5, 5.41) is 4.42. The number of benzene rings is 2. The Balaban J connectivity index is 1.77. The van der Waals surface area contributed by atoms with Gasteiger partial charge in [-0.25, -0.2) is 0 Å². The predicted molar refractivity (Wildman–Crippen MR) is 133 cm³/mol. The SMILES string of the molecule is ClC(Cl)=CCO/N=C/c1ccc(OCCOc2c(Cl)cc(OCC=C(Cl)Cl)cc2Cl)cc1. The lowest BCUT2D eigenvalue weighted by Crippen LogP contribution is -2.09. The van der Waals surface area contributed by atoms with Gasteiger partial charge in [-0.3, -0.25) is 0 Å². The van der Waals surface area contributed by atoms with E-state index in [2.05, 4.69) is 5.16 Å². The van der Waals surface area contributed by atoms with Gasteiger partial charge in [-0.05, 0) is 42.0 Å². The van der Waals surface area contributed by atoms with Crippen LogP contribution < -0.4 is 14.2 Å². The molecule has 0 fully saturated rings. The molecule has 11 heteroatoms. The van der Waals surface area contributed by atoms with Gasteiger partial charge in [0.05, 0.1) is 16.3 Å². The molecule has 0 radical (unpaired) electrons. The van der Waals surface area contributed by atoms with Crippen molar-refractivity contribution in [3.05, 3.63) is 73.1 Å². The third-order valence-corrected chi connectivity index (χ3v) is 4.71. The van der Waals surface area contributed by atoms with Gasteiger partial charge in [0.15, 0.2) is 5.75 Å². The van der Waals surface area contributed by atoms with Gasteiger partial charge < -0.3 is 19.0 Å². The van der Waals surface area contributed by atoms with E-state index in [4.69, 9.17) is 88.7 Å². The van der Waals surface area contributed by atoms with Gasteiger partial charge in [-0.15, -0.1) is 0 Å². The van der Waals surface area contributed by atoms with Crippen molar-refractivity contribution in [3.8, 4) is 17.2 Å². The Labute approximate surface area is 216 Å². The molecule has 2 aromatic rings. The van der Waals surface area contributed by atoms with E-state index in [9.17, 15) is 0 Å². The Kier molecular flexibility index (Phi) is 12.2. The van der Waals surface area contributed by atoms with E-state index in [0.717, 1.165) is 5.56 Å². The number of hydrogen-bond acceptors (Lipinski definition) is 5. The largest absolute Gasteiger partial charge is 0.490 e. The van der Waals surface area contributed by atoms with Crippen LogP contribution in [0.5, 0.6) is 17.2 Å². The third kappa shape index (κ3) is 10.4. The number of hydrogen-bond donors (Lipinski definition) is 0. The van der Waals surface area contributed by atoms with Crippen molar-refractivity contribution in [1.82, 2.24) is 0 Å². The first-order chi connectivity index (χ1) is 15.3. The van der Waals surface area contributed by atoms with Crippen LogP contribution >= 0.6 is 69.6 Å². The lowest BCUT2D eigenvalue weighted by atomic mass is 10.2. The molecule has 2 rings (SSSR count). The molecule has 0 aliphatic rings. The van der Waals surface area contributed by atoms with E-state index in [-0.39, 0.29) is 35.4 Å². The zero-order valence-corrected chi connectivity index (χ0v) is 20.9. The Morgan fingerprint density at radius 3 is 1.97 bits per heavy atom. The quantitative estimate of drug-likeness (QED) is 0.151. The molecule has 0 aliphatic heterocycles. The first kappa shape index (κ1) is 26.8. The van der Waals surface area contributed by atoms with E-state index in [1.54, 1.807) is 30.5 Å². The van der Waals surface area contributed by atoms with Gasteiger partial charge in [0.2, 0.25) is 0 Å². The minimum absolute atomic E-state index is 0.112. The molecule has 0 atom stereocenters. The van der Waals surface area contributed by atoms with Crippen LogP contribution in [0.4, 0.5) is 0 Å². The van der Waals surface area contributed by atoms with Crippen molar-refractivity contribution in [2.24, 2.45) is 5.16 Å². The zero-order chi connectivity index (χ0) is 23.3. The Hall–Kier alpha value is -1.47. The van der Waals surface area contributed by atoms with Crippen LogP contribution in [0.1, 0.15) is 5.56 Å². The number of nitrogens with zero attached hydrogens (tertiary/aromatic N) is 1. The van der Waals surface area contributed by atoms with E-state index < -0.39 is 0 Å². The van der Waals surface area contributed by atoms with Crippen LogP contribution in [-0.4, -0.2) is 32.6 Å². The van der Waals surface area contributed by atoms with Crippen LogP contribution in [0, 0.1) is 0 Å². The van der Waals surface area contributed by atoms with Gasteiger partial charge in [-0.1, -0.05) is 74.8 Å². The standard InChI is InChI=1S/C21H17Cl6NO4/c22-17-11-16(29-7-5-19(24)25)12-18(23)21(17)31-10-9-30-15-3-1-14(2-4-15)13-28-32-8-6-20(26)27/h1-6,11-13H,7-10H2/b28-13+. The summed E-state index contributed by atoms with van der Waals surface area (Å²) in [7, 11) is 0. The predicted octanol–water partition coefficient (Wildman–Crippen LogP) is 7.82. The number of oxime groups is 1. The molecular weight excluding hydrogens is 543 g/mol. The smallest absolute Gasteiger partial charge is 0.156 e. The summed E-state index contributed by atoms with van der Waals surface area (Å²) in [6, 6.07) is 10.4. The molecule has 0 saturated carbocycles. The topological polar surface area (TPSA) is 49.3 Å². The van der Waals surface area contributed by atoms with Crippen molar-refractivity contribution in [3.63, 3.8) is 0 Å². The van der Waals surface area contributed by atoms with E-state index in [1.807, 2.05) is 12.1 Å². The average molecular weight is 560 g/mol. The third-order valence-electron chi connectivity index (χ3n) is 3.53. The van der Waals surface area contributed by atoms with Gasteiger partial charge in [0.25, 0.3) is 0 Å². The summed E-state index contributed by atoms with van der Waals surface area (Å²) >= 11 is 34.5. The van der Waals surface area contributed by atoms with E-state index in [1.165, 1.54) is 12.2 Å². The Morgan fingerprint density at radius 2 is 1.34 bits per heavy atom. The average Bonchev–Trinajstić information content (AvgIpc) is 2.73.